The second-order valence-electron chi connectivity index (χ2n) is 6.62. The van der Waals surface area contributed by atoms with Crippen molar-refractivity contribution >= 4 is 5.97 Å². The van der Waals surface area contributed by atoms with Gasteiger partial charge < -0.3 is 14.6 Å². The summed E-state index contributed by atoms with van der Waals surface area (Å²) in [7, 11) is 1.61. The first kappa shape index (κ1) is 20.1. The molecule has 140 valence electrons. The van der Waals surface area contributed by atoms with Crippen molar-refractivity contribution in [2.75, 3.05) is 7.11 Å². The van der Waals surface area contributed by atoms with Gasteiger partial charge in [-0.15, -0.1) is 0 Å². The fourth-order valence-corrected chi connectivity index (χ4v) is 3.26. The van der Waals surface area contributed by atoms with Crippen LogP contribution in [-0.2, 0) is 19.9 Å². The second-order valence-corrected chi connectivity index (χ2v) is 6.62. The molecule has 0 aliphatic rings. The summed E-state index contributed by atoms with van der Waals surface area (Å²) in [6.45, 7) is 3.65. The average molecular weight is 356 g/mol. The molecule has 0 bridgehead atoms. The third kappa shape index (κ3) is 4.71. The van der Waals surface area contributed by atoms with Gasteiger partial charge in [-0.3, -0.25) is 4.79 Å². The van der Waals surface area contributed by atoms with Gasteiger partial charge in [0.1, 0.15) is 5.60 Å². The standard InChI is InChI=1S/C22H28O4/c1-17(2)26-21(24)16-10-15-20(23)22(25-3,18-11-6-4-7-12-18)19-13-8-5-9-14-19/h4-9,11-14,17,20,23H,10,15-16H2,1-3H3. The van der Waals surface area contributed by atoms with E-state index in [1.807, 2.05) is 74.5 Å². The highest BCUT2D eigenvalue weighted by Gasteiger charge is 2.41. The van der Waals surface area contributed by atoms with Crippen LogP contribution in [0.1, 0.15) is 44.2 Å². The summed E-state index contributed by atoms with van der Waals surface area (Å²) in [5.41, 5.74) is 0.779. The summed E-state index contributed by atoms with van der Waals surface area (Å²) in [5.74, 6) is -0.241. The SMILES string of the molecule is COC(c1ccccc1)(c1ccccc1)C(O)CCCC(=O)OC(C)C. The fourth-order valence-electron chi connectivity index (χ4n) is 3.26. The highest BCUT2D eigenvalue weighted by atomic mass is 16.5. The molecule has 0 spiro atoms. The molecule has 0 aromatic heterocycles. The zero-order valence-corrected chi connectivity index (χ0v) is 15.7. The summed E-state index contributed by atoms with van der Waals surface area (Å²) in [5, 5.41) is 11.1. The van der Waals surface area contributed by atoms with Gasteiger partial charge in [0.15, 0.2) is 0 Å². The van der Waals surface area contributed by atoms with Gasteiger partial charge in [-0.1, -0.05) is 60.7 Å². The Hall–Kier alpha value is -2.17. The van der Waals surface area contributed by atoms with Gasteiger partial charge in [-0.2, -0.15) is 0 Å². The lowest BCUT2D eigenvalue weighted by Gasteiger charge is -2.38. The van der Waals surface area contributed by atoms with Gasteiger partial charge in [0, 0.05) is 13.5 Å². The number of methoxy groups -OCH3 is 1. The Morgan fingerprint density at radius 2 is 1.50 bits per heavy atom. The maximum Gasteiger partial charge on any atom is 0.306 e. The first-order chi connectivity index (χ1) is 12.5. The second kappa shape index (κ2) is 9.51. The number of esters is 1. The largest absolute Gasteiger partial charge is 0.463 e. The average Bonchev–Trinajstić information content (AvgIpc) is 2.64. The first-order valence-corrected chi connectivity index (χ1v) is 9.04. The molecule has 2 aromatic rings. The molecule has 26 heavy (non-hydrogen) atoms. The van der Waals surface area contributed by atoms with E-state index in [9.17, 15) is 9.90 Å². The zero-order valence-electron chi connectivity index (χ0n) is 15.7. The predicted molar refractivity (Wildman–Crippen MR) is 102 cm³/mol. The third-order valence-corrected chi connectivity index (χ3v) is 4.42. The van der Waals surface area contributed by atoms with E-state index in [1.54, 1.807) is 7.11 Å². The molecule has 4 heteroatoms. The Labute approximate surface area is 155 Å². The van der Waals surface area contributed by atoms with Crippen LogP contribution >= 0.6 is 0 Å². The lowest BCUT2D eigenvalue weighted by atomic mass is 9.79. The number of rotatable bonds is 9. The lowest BCUT2D eigenvalue weighted by Crippen LogP contribution is -2.42. The number of aliphatic hydroxyl groups excluding tert-OH is 1. The van der Waals surface area contributed by atoms with Crippen LogP contribution in [0.25, 0.3) is 0 Å². The minimum Gasteiger partial charge on any atom is -0.463 e. The number of hydrogen-bond acceptors (Lipinski definition) is 4. The molecule has 4 nitrogen and oxygen atoms in total. The van der Waals surface area contributed by atoms with E-state index in [0.29, 0.717) is 12.8 Å². The predicted octanol–water partition coefficient (Wildman–Crippen LogP) is 4.06. The van der Waals surface area contributed by atoms with E-state index in [1.165, 1.54) is 0 Å². The molecule has 1 atom stereocenters. The van der Waals surface area contributed by atoms with Crippen molar-refractivity contribution in [3.05, 3.63) is 71.8 Å². The van der Waals surface area contributed by atoms with E-state index in [4.69, 9.17) is 9.47 Å². The molecular weight excluding hydrogens is 328 g/mol. The summed E-state index contributed by atoms with van der Waals surface area (Å²) < 4.78 is 11.1. The summed E-state index contributed by atoms with van der Waals surface area (Å²) in [4.78, 5) is 11.8. The van der Waals surface area contributed by atoms with Crippen molar-refractivity contribution in [1.29, 1.82) is 0 Å². The van der Waals surface area contributed by atoms with Crippen molar-refractivity contribution in [2.45, 2.75) is 50.9 Å². The van der Waals surface area contributed by atoms with Crippen LogP contribution < -0.4 is 0 Å². The van der Waals surface area contributed by atoms with Crippen LogP contribution in [0.3, 0.4) is 0 Å². The highest BCUT2D eigenvalue weighted by Crippen LogP contribution is 2.38. The van der Waals surface area contributed by atoms with E-state index in [2.05, 4.69) is 0 Å². The number of carbonyl (C=O) groups is 1. The number of hydrogen-bond donors (Lipinski definition) is 1. The van der Waals surface area contributed by atoms with Gasteiger partial charge in [-0.25, -0.2) is 0 Å². The highest BCUT2D eigenvalue weighted by molar-refractivity contribution is 5.69. The van der Waals surface area contributed by atoms with Crippen LogP contribution in [0, 0.1) is 0 Å². The van der Waals surface area contributed by atoms with Gasteiger partial charge in [0.05, 0.1) is 12.2 Å². The van der Waals surface area contributed by atoms with Gasteiger partial charge in [0.2, 0.25) is 0 Å². The summed E-state index contributed by atoms with van der Waals surface area (Å²) in [6, 6.07) is 19.4. The van der Waals surface area contributed by atoms with Crippen molar-refractivity contribution in [2.24, 2.45) is 0 Å². The van der Waals surface area contributed by atoms with Crippen LogP contribution in [0.4, 0.5) is 0 Å². The fraction of sp³-hybridized carbons (Fsp3) is 0.409. The summed E-state index contributed by atoms with van der Waals surface area (Å²) in [6.07, 6.45) is 0.296. The minimum atomic E-state index is -0.982. The number of benzene rings is 2. The van der Waals surface area contributed by atoms with Crippen LogP contribution in [0.15, 0.2) is 60.7 Å². The van der Waals surface area contributed by atoms with Crippen LogP contribution in [-0.4, -0.2) is 30.4 Å². The van der Waals surface area contributed by atoms with Gasteiger partial charge >= 0.3 is 5.97 Å². The first-order valence-electron chi connectivity index (χ1n) is 9.04. The molecule has 0 aliphatic carbocycles. The monoisotopic (exact) mass is 356 g/mol. The molecule has 0 radical (unpaired) electrons. The molecule has 0 saturated carbocycles. The maximum absolute atomic E-state index is 11.8. The molecule has 0 fully saturated rings. The van der Waals surface area contributed by atoms with Crippen LogP contribution in [0.5, 0.6) is 0 Å². The molecule has 2 aromatic carbocycles. The van der Waals surface area contributed by atoms with Crippen molar-refractivity contribution in [3.63, 3.8) is 0 Å². The van der Waals surface area contributed by atoms with Gasteiger partial charge in [-0.05, 0) is 37.8 Å². The number of carbonyl (C=O) groups excluding carboxylic acids is 1. The van der Waals surface area contributed by atoms with E-state index in [-0.39, 0.29) is 18.5 Å². The van der Waals surface area contributed by atoms with Crippen molar-refractivity contribution < 1.29 is 19.4 Å². The molecule has 0 aliphatic heterocycles. The molecule has 0 amide bonds. The Balaban J connectivity index is 2.23. The molecular formula is C22H28O4. The molecule has 0 heterocycles. The van der Waals surface area contributed by atoms with Crippen molar-refractivity contribution in [1.82, 2.24) is 0 Å². The van der Waals surface area contributed by atoms with Crippen molar-refractivity contribution in [3.8, 4) is 0 Å². The van der Waals surface area contributed by atoms with E-state index in [0.717, 1.165) is 11.1 Å². The van der Waals surface area contributed by atoms with E-state index < -0.39 is 11.7 Å². The third-order valence-electron chi connectivity index (χ3n) is 4.42. The molecule has 1 N–H and O–H groups in total. The van der Waals surface area contributed by atoms with Crippen LogP contribution in [0.2, 0.25) is 0 Å². The summed E-state index contributed by atoms with van der Waals surface area (Å²) >= 11 is 0. The Bertz CT molecular complexity index is 628. The minimum absolute atomic E-state index is 0.126. The zero-order chi connectivity index (χ0) is 19.0. The smallest absolute Gasteiger partial charge is 0.306 e. The molecule has 1 unspecified atom stereocenters. The van der Waals surface area contributed by atoms with E-state index >= 15 is 0 Å². The molecule has 2 rings (SSSR count). The number of ether oxygens (including phenoxy) is 2. The molecule has 0 saturated heterocycles. The normalized spacial score (nSPS) is 12.8. The van der Waals surface area contributed by atoms with Gasteiger partial charge in [0.25, 0.3) is 0 Å². The topological polar surface area (TPSA) is 55.8 Å². The maximum atomic E-state index is 11.8. The Morgan fingerprint density at radius 1 is 1.00 bits per heavy atom. The quantitative estimate of drug-likeness (QED) is 0.689. The Kier molecular flexibility index (Phi) is 7.37. The number of aliphatic hydroxyl groups is 1. The Morgan fingerprint density at radius 3 is 1.92 bits per heavy atom. The lowest BCUT2D eigenvalue weighted by molar-refractivity contribution is -0.147.